The van der Waals surface area contributed by atoms with E-state index in [0.717, 1.165) is 11.1 Å². The Morgan fingerprint density at radius 1 is 1.44 bits per heavy atom. The minimum Gasteiger partial charge on any atom is -0.342 e. The summed E-state index contributed by atoms with van der Waals surface area (Å²) >= 11 is 5.87. The second kappa shape index (κ2) is 3.86. The highest BCUT2D eigenvalue weighted by molar-refractivity contribution is 6.31. The van der Waals surface area contributed by atoms with E-state index < -0.39 is 0 Å². The van der Waals surface area contributed by atoms with Gasteiger partial charge in [0.15, 0.2) is 5.65 Å². The summed E-state index contributed by atoms with van der Waals surface area (Å²) in [6.07, 6.45) is 3.40. The normalized spacial score (nSPS) is 10.7. The Morgan fingerprint density at radius 3 is 3.00 bits per heavy atom. The van der Waals surface area contributed by atoms with E-state index >= 15 is 0 Å². The summed E-state index contributed by atoms with van der Waals surface area (Å²) < 4.78 is 1.75. The van der Waals surface area contributed by atoms with Crippen molar-refractivity contribution in [1.29, 1.82) is 5.26 Å². The van der Waals surface area contributed by atoms with Crippen LogP contribution in [0.3, 0.4) is 0 Å². The van der Waals surface area contributed by atoms with Gasteiger partial charge in [-0.3, -0.25) is 0 Å². The Kier molecular flexibility index (Phi) is 2.32. The zero-order valence-electron chi connectivity index (χ0n) is 9.48. The first-order chi connectivity index (χ1) is 8.67. The molecular weight excluding hydrogens is 250 g/mol. The molecular formula is C12H8ClN5. The smallest absolute Gasteiger partial charge is 0.178 e. The minimum atomic E-state index is 0.559. The van der Waals surface area contributed by atoms with Crippen LogP contribution < -0.4 is 0 Å². The van der Waals surface area contributed by atoms with Gasteiger partial charge >= 0.3 is 0 Å². The molecule has 3 heterocycles. The largest absolute Gasteiger partial charge is 0.342 e. The van der Waals surface area contributed by atoms with Gasteiger partial charge in [0.2, 0.25) is 0 Å². The molecule has 0 atom stereocenters. The summed E-state index contributed by atoms with van der Waals surface area (Å²) in [6.45, 7) is 0. The van der Waals surface area contributed by atoms with Gasteiger partial charge in [0, 0.05) is 25.0 Å². The predicted molar refractivity (Wildman–Crippen MR) is 68.0 cm³/mol. The Labute approximate surface area is 108 Å². The zero-order valence-corrected chi connectivity index (χ0v) is 10.2. The number of nitrogens with zero attached hydrogens (tertiary/aromatic N) is 4. The number of H-pyrrole nitrogens is 1. The Hall–Kier alpha value is -2.32. The van der Waals surface area contributed by atoms with Crippen molar-refractivity contribution in [3.63, 3.8) is 0 Å². The van der Waals surface area contributed by atoms with Crippen molar-refractivity contribution >= 4 is 22.8 Å². The van der Waals surface area contributed by atoms with Gasteiger partial charge in [0.25, 0.3) is 0 Å². The van der Waals surface area contributed by atoms with Crippen molar-refractivity contribution < 1.29 is 0 Å². The average Bonchev–Trinajstić information content (AvgIpc) is 2.91. The van der Waals surface area contributed by atoms with Crippen molar-refractivity contribution in [3.05, 3.63) is 35.2 Å². The number of hydrogen-bond donors (Lipinski definition) is 1. The lowest BCUT2D eigenvalue weighted by Gasteiger charge is -1.89. The Bertz CT molecular complexity index is 777. The summed E-state index contributed by atoms with van der Waals surface area (Å²) in [5.41, 5.74) is 2.82. The van der Waals surface area contributed by atoms with Crippen LogP contribution in [0.15, 0.2) is 24.5 Å². The number of fused-ring (bicyclic) bond motifs is 1. The van der Waals surface area contributed by atoms with Gasteiger partial charge in [-0.25, -0.2) is 9.97 Å². The molecule has 0 aliphatic rings. The molecule has 0 bridgehead atoms. The van der Waals surface area contributed by atoms with E-state index in [-0.39, 0.29) is 0 Å². The molecule has 0 unspecified atom stereocenters. The molecule has 18 heavy (non-hydrogen) atoms. The van der Waals surface area contributed by atoms with Crippen molar-refractivity contribution in [1.82, 2.24) is 19.5 Å². The van der Waals surface area contributed by atoms with Crippen LogP contribution in [0.25, 0.3) is 22.6 Å². The molecule has 0 fully saturated rings. The van der Waals surface area contributed by atoms with Gasteiger partial charge in [-0.2, -0.15) is 5.26 Å². The Morgan fingerprint density at radius 2 is 2.28 bits per heavy atom. The molecule has 0 aliphatic carbocycles. The molecule has 0 saturated heterocycles. The second-order valence-electron chi connectivity index (χ2n) is 3.95. The van der Waals surface area contributed by atoms with Gasteiger partial charge in [-0.1, -0.05) is 11.6 Å². The van der Waals surface area contributed by atoms with Gasteiger partial charge in [-0.05, 0) is 12.1 Å². The summed E-state index contributed by atoms with van der Waals surface area (Å²) in [4.78, 5) is 11.6. The Balaban J connectivity index is 2.16. The van der Waals surface area contributed by atoms with Crippen molar-refractivity contribution in [2.45, 2.75) is 0 Å². The molecule has 0 aromatic carbocycles. The molecule has 1 N–H and O–H groups in total. The number of aromatic nitrogens is 4. The lowest BCUT2D eigenvalue weighted by atomic mass is 10.3. The molecule has 0 radical (unpaired) electrons. The third-order valence-corrected chi connectivity index (χ3v) is 2.90. The van der Waals surface area contributed by atoms with E-state index in [1.165, 1.54) is 0 Å². The van der Waals surface area contributed by atoms with E-state index in [1.54, 1.807) is 22.9 Å². The van der Waals surface area contributed by atoms with Crippen LogP contribution in [0.5, 0.6) is 0 Å². The average molecular weight is 258 g/mol. The summed E-state index contributed by atoms with van der Waals surface area (Å²) in [5, 5.41) is 9.48. The molecule has 3 aromatic heterocycles. The number of imidazole rings is 1. The van der Waals surface area contributed by atoms with Crippen molar-refractivity contribution in [2.75, 3.05) is 0 Å². The number of rotatable bonds is 1. The van der Waals surface area contributed by atoms with Gasteiger partial charge in [0.1, 0.15) is 17.6 Å². The molecule has 3 aromatic rings. The predicted octanol–water partition coefficient (Wildman–Crippen LogP) is 2.49. The molecule has 0 spiro atoms. The molecule has 88 valence electrons. The zero-order chi connectivity index (χ0) is 12.7. The number of aryl methyl sites for hydroxylation is 1. The molecule has 0 aliphatic heterocycles. The molecule has 3 rings (SSSR count). The maximum Gasteiger partial charge on any atom is 0.178 e. The number of hydrogen-bond acceptors (Lipinski definition) is 3. The van der Waals surface area contributed by atoms with Crippen LogP contribution in [-0.2, 0) is 7.05 Å². The number of nitrogens with one attached hydrogen (secondary N) is 1. The van der Waals surface area contributed by atoms with Crippen LogP contribution in [-0.4, -0.2) is 19.5 Å². The van der Waals surface area contributed by atoms with Crippen LogP contribution in [0, 0.1) is 11.3 Å². The van der Waals surface area contributed by atoms with Crippen LogP contribution >= 0.6 is 11.6 Å². The highest BCUT2D eigenvalue weighted by atomic mass is 35.5. The lowest BCUT2D eigenvalue weighted by molar-refractivity contribution is 0.908. The van der Waals surface area contributed by atoms with Crippen molar-refractivity contribution in [2.24, 2.45) is 7.05 Å². The SMILES string of the molecule is Cn1cc(-c2nc3ncc(Cl)cc3[nH]2)cc1C#N. The number of pyridine rings is 1. The van der Waals surface area contributed by atoms with E-state index in [0.29, 0.717) is 22.2 Å². The summed E-state index contributed by atoms with van der Waals surface area (Å²) in [7, 11) is 1.82. The fraction of sp³-hybridized carbons (Fsp3) is 0.0833. The maximum atomic E-state index is 8.92. The quantitative estimate of drug-likeness (QED) is 0.728. The molecule has 5 nitrogen and oxygen atoms in total. The highest BCUT2D eigenvalue weighted by Gasteiger charge is 2.10. The first-order valence-corrected chi connectivity index (χ1v) is 5.63. The van der Waals surface area contributed by atoms with Crippen molar-refractivity contribution in [3.8, 4) is 17.5 Å². The third kappa shape index (κ3) is 1.63. The second-order valence-corrected chi connectivity index (χ2v) is 4.38. The van der Waals surface area contributed by atoms with E-state index in [9.17, 15) is 0 Å². The minimum absolute atomic E-state index is 0.559. The molecule has 0 saturated carbocycles. The summed E-state index contributed by atoms with van der Waals surface area (Å²) in [6, 6.07) is 5.66. The maximum absolute atomic E-state index is 8.92. The number of aromatic amines is 1. The lowest BCUT2D eigenvalue weighted by Crippen LogP contribution is -1.86. The summed E-state index contributed by atoms with van der Waals surface area (Å²) in [5.74, 6) is 0.678. The first-order valence-electron chi connectivity index (χ1n) is 5.25. The van der Waals surface area contributed by atoms with Crippen LogP contribution in [0.2, 0.25) is 5.02 Å². The highest BCUT2D eigenvalue weighted by Crippen LogP contribution is 2.22. The topological polar surface area (TPSA) is 70.3 Å². The first kappa shape index (κ1) is 10.8. The fourth-order valence-corrected chi connectivity index (χ4v) is 1.97. The van der Waals surface area contributed by atoms with E-state index in [2.05, 4.69) is 21.0 Å². The van der Waals surface area contributed by atoms with E-state index in [4.69, 9.17) is 16.9 Å². The van der Waals surface area contributed by atoms with Crippen LogP contribution in [0.1, 0.15) is 5.69 Å². The fourth-order valence-electron chi connectivity index (χ4n) is 1.82. The number of halogens is 1. The molecule has 0 amide bonds. The standard InChI is InChI=1S/C12H8ClN5/c1-18-6-7(2-9(18)4-14)11-16-10-3-8(13)5-15-12(10)17-11/h2-3,5-6H,1H3,(H,15,16,17). The number of nitriles is 1. The third-order valence-electron chi connectivity index (χ3n) is 2.70. The molecule has 6 heteroatoms. The van der Waals surface area contributed by atoms with Gasteiger partial charge in [0.05, 0.1) is 10.5 Å². The van der Waals surface area contributed by atoms with Gasteiger partial charge < -0.3 is 9.55 Å². The van der Waals surface area contributed by atoms with Crippen LogP contribution in [0.4, 0.5) is 0 Å². The monoisotopic (exact) mass is 257 g/mol. The van der Waals surface area contributed by atoms with Gasteiger partial charge in [-0.15, -0.1) is 0 Å². The van der Waals surface area contributed by atoms with E-state index in [1.807, 2.05) is 13.2 Å².